The van der Waals surface area contributed by atoms with E-state index in [9.17, 15) is 4.79 Å². The summed E-state index contributed by atoms with van der Waals surface area (Å²) in [5.74, 6) is -0.0479. The Kier molecular flexibility index (Phi) is 4.43. The van der Waals surface area contributed by atoms with Crippen molar-refractivity contribution in [3.8, 4) is 0 Å². The van der Waals surface area contributed by atoms with Gasteiger partial charge in [0, 0.05) is 17.8 Å². The summed E-state index contributed by atoms with van der Waals surface area (Å²) >= 11 is 0. The number of anilines is 2. The molecule has 1 amide bonds. The van der Waals surface area contributed by atoms with Gasteiger partial charge in [0.25, 0.3) is 5.91 Å². The fourth-order valence-electron chi connectivity index (χ4n) is 4.13. The van der Waals surface area contributed by atoms with Crippen molar-refractivity contribution in [2.45, 2.75) is 57.5 Å². The number of amides is 1. The molecule has 1 aromatic heterocycles. The first kappa shape index (κ1) is 16.1. The Labute approximate surface area is 149 Å². The summed E-state index contributed by atoms with van der Waals surface area (Å²) in [5.41, 5.74) is 4.17. The Hall–Kier alpha value is -2.36. The summed E-state index contributed by atoms with van der Waals surface area (Å²) in [6.07, 6.45) is 8.76. The molecule has 2 aromatic rings. The van der Waals surface area contributed by atoms with Gasteiger partial charge < -0.3 is 10.2 Å². The normalized spacial score (nSPS) is 20.4. The average molecular weight is 335 g/mol. The molecule has 130 valence electrons. The Morgan fingerprint density at radius 3 is 2.68 bits per heavy atom. The molecule has 0 radical (unpaired) electrons. The van der Waals surface area contributed by atoms with Crippen LogP contribution in [0.5, 0.6) is 0 Å². The lowest BCUT2D eigenvalue weighted by atomic mass is 9.95. The number of nitrogens with zero attached hydrogens (tertiary/aromatic N) is 2. The van der Waals surface area contributed by atoms with E-state index in [-0.39, 0.29) is 5.91 Å². The number of aromatic nitrogens is 1. The van der Waals surface area contributed by atoms with Crippen LogP contribution < -0.4 is 10.2 Å². The third-order valence-electron chi connectivity index (χ3n) is 5.41. The van der Waals surface area contributed by atoms with Gasteiger partial charge in [0.1, 0.15) is 5.69 Å². The van der Waals surface area contributed by atoms with Gasteiger partial charge in [-0.05, 0) is 49.9 Å². The fourth-order valence-corrected chi connectivity index (χ4v) is 4.13. The minimum atomic E-state index is -0.0479. The number of fused-ring (bicyclic) bond motifs is 1. The molecule has 1 atom stereocenters. The molecule has 4 heteroatoms. The summed E-state index contributed by atoms with van der Waals surface area (Å²) in [5, 5.41) is 3.13. The van der Waals surface area contributed by atoms with E-state index >= 15 is 0 Å². The van der Waals surface area contributed by atoms with Gasteiger partial charge in [-0.15, -0.1) is 0 Å². The molecule has 0 spiro atoms. The molecule has 2 aliphatic rings. The number of para-hydroxylation sites is 1. The van der Waals surface area contributed by atoms with Crippen LogP contribution in [-0.2, 0) is 6.42 Å². The van der Waals surface area contributed by atoms with Crippen molar-refractivity contribution in [3.05, 3.63) is 53.9 Å². The molecule has 1 aliphatic heterocycles. The van der Waals surface area contributed by atoms with E-state index in [0.29, 0.717) is 17.8 Å². The predicted octanol–water partition coefficient (Wildman–Crippen LogP) is 4.23. The average Bonchev–Trinajstić information content (AvgIpc) is 2.98. The lowest BCUT2D eigenvalue weighted by Crippen LogP contribution is -2.36. The summed E-state index contributed by atoms with van der Waals surface area (Å²) in [7, 11) is 0. The largest absolute Gasteiger partial charge is 0.348 e. The van der Waals surface area contributed by atoms with Gasteiger partial charge in [0.2, 0.25) is 0 Å². The van der Waals surface area contributed by atoms with Crippen LogP contribution >= 0.6 is 0 Å². The summed E-state index contributed by atoms with van der Waals surface area (Å²) in [6, 6.07) is 13.1. The van der Waals surface area contributed by atoms with Crippen molar-refractivity contribution >= 4 is 17.3 Å². The smallest absolute Gasteiger partial charge is 0.270 e. The zero-order valence-electron chi connectivity index (χ0n) is 14.7. The number of carbonyl (C=O) groups excluding carboxylic acids is 1. The predicted molar refractivity (Wildman–Crippen MR) is 100 cm³/mol. The number of rotatable bonds is 3. The van der Waals surface area contributed by atoms with Gasteiger partial charge >= 0.3 is 0 Å². The second-order valence-electron chi connectivity index (χ2n) is 7.26. The van der Waals surface area contributed by atoms with Gasteiger partial charge in [-0.1, -0.05) is 37.5 Å². The number of carbonyl (C=O) groups is 1. The number of pyridine rings is 1. The molecular formula is C21H25N3O. The van der Waals surface area contributed by atoms with Gasteiger partial charge in [-0.2, -0.15) is 0 Å². The number of hydrogen-bond donors (Lipinski definition) is 1. The van der Waals surface area contributed by atoms with E-state index in [1.165, 1.54) is 30.5 Å². The molecule has 2 heterocycles. The number of hydrogen-bond acceptors (Lipinski definition) is 3. The van der Waals surface area contributed by atoms with Crippen LogP contribution in [0.25, 0.3) is 0 Å². The molecule has 0 saturated heterocycles. The first-order chi connectivity index (χ1) is 12.2. The van der Waals surface area contributed by atoms with Crippen molar-refractivity contribution in [2.75, 3.05) is 4.90 Å². The lowest BCUT2D eigenvalue weighted by molar-refractivity contribution is 0.0922. The molecule has 1 N–H and O–H groups in total. The highest BCUT2D eigenvalue weighted by atomic mass is 16.1. The zero-order valence-corrected chi connectivity index (χ0v) is 14.7. The van der Waals surface area contributed by atoms with E-state index in [4.69, 9.17) is 0 Å². The number of benzene rings is 1. The topological polar surface area (TPSA) is 45.2 Å². The second-order valence-corrected chi connectivity index (χ2v) is 7.26. The third-order valence-corrected chi connectivity index (χ3v) is 5.41. The molecule has 0 bridgehead atoms. The molecule has 1 unspecified atom stereocenters. The first-order valence-electron chi connectivity index (χ1n) is 9.36. The van der Waals surface area contributed by atoms with Crippen LogP contribution in [0.15, 0.2) is 42.6 Å². The van der Waals surface area contributed by atoms with Crippen LogP contribution in [0.2, 0.25) is 0 Å². The van der Waals surface area contributed by atoms with Crippen molar-refractivity contribution in [2.24, 2.45) is 0 Å². The molecule has 1 aromatic carbocycles. The molecule has 1 saturated carbocycles. The number of nitrogens with one attached hydrogen (secondary N) is 1. The highest BCUT2D eigenvalue weighted by Crippen LogP contribution is 2.37. The van der Waals surface area contributed by atoms with Gasteiger partial charge in [-0.25, -0.2) is 4.98 Å². The van der Waals surface area contributed by atoms with E-state index in [2.05, 4.69) is 46.4 Å². The molecule has 4 rings (SSSR count). The van der Waals surface area contributed by atoms with Crippen molar-refractivity contribution < 1.29 is 4.79 Å². The zero-order chi connectivity index (χ0) is 17.2. The minimum Gasteiger partial charge on any atom is -0.348 e. The molecule has 1 fully saturated rings. The van der Waals surface area contributed by atoms with Gasteiger partial charge in [-0.3, -0.25) is 4.79 Å². The summed E-state index contributed by atoms with van der Waals surface area (Å²) < 4.78 is 0. The monoisotopic (exact) mass is 335 g/mol. The van der Waals surface area contributed by atoms with E-state index < -0.39 is 0 Å². The SMILES string of the molecule is CC1Cc2ccccc2N1c1ccc(C(=O)NC2CCCCC2)nc1. The quantitative estimate of drug-likeness (QED) is 0.913. The van der Waals surface area contributed by atoms with E-state index in [0.717, 1.165) is 24.9 Å². The summed E-state index contributed by atoms with van der Waals surface area (Å²) in [6.45, 7) is 2.23. The highest BCUT2D eigenvalue weighted by molar-refractivity contribution is 5.92. The standard InChI is InChI=1S/C21H25N3O/c1-15-13-16-7-5-6-10-20(16)24(15)18-11-12-19(22-14-18)21(25)23-17-8-3-2-4-9-17/h5-7,10-12,14-15,17H,2-4,8-9,13H2,1H3,(H,23,25). The highest BCUT2D eigenvalue weighted by Gasteiger charge is 2.27. The van der Waals surface area contributed by atoms with Crippen LogP contribution in [0.4, 0.5) is 11.4 Å². The van der Waals surface area contributed by atoms with Crippen molar-refractivity contribution in [1.82, 2.24) is 10.3 Å². The Morgan fingerprint density at radius 2 is 1.92 bits per heavy atom. The van der Waals surface area contributed by atoms with Crippen molar-refractivity contribution in [3.63, 3.8) is 0 Å². The van der Waals surface area contributed by atoms with Crippen LogP contribution in [0.1, 0.15) is 55.1 Å². The Morgan fingerprint density at radius 1 is 1.12 bits per heavy atom. The van der Waals surface area contributed by atoms with Crippen LogP contribution in [0, 0.1) is 0 Å². The minimum absolute atomic E-state index is 0.0479. The fraction of sp³-hybridized carbons (Fsp3) is 0.429. The molecule has 1 aliphatic carbocycles. The van der Waals surface area contributed by atoms with Gasteiger partial charge in [0.05, 0.1) is 11.9 Å². The molecular weight excluding hydrogens is 310 g/mol. The van der Waals surface area contributed by atoms with E-state index in [1.807, 2.05) is 18.3 Å². The Bertz CT molecular complexity index is 750. The third kappa shape index (κ3) is 3.26. The first-order valence-corrected chi connectivity index (χ1v) is 9.36. The Balaban J connectivity index is 1.49. The molecule has 25 heavy (non-hydrogen) atoms. The second kappa shape index (κ2) is 6.87. The maximum atomic E-state index is 12.4. The van der Waals surface area contributed by atoms with E-state index in [1.54, 1.807) is 0 Å². The molecule has 4 nitrogen and oxygen atoms in total. The maximum absolute atomic E-state index is 12.4. The van der Waals surface area contributed by atoms with Gasteiger partial charge in [0.15, 0.2) is 0 Å². The van der Waals surface area contributed by atoms with Crippen LogP contribution in [-0.4, -0.2) is 23.0 Å². The van der Waals surface area contributed by atoms with Crippen LogP contribution in [0.3, 0.4) is 0 Å². The summed E-state index contributed by atoms with van der Waals surface area (Å²) in [4.78, 5) is 19.2. The van der Waals surface area contributed by atoms with Crippen molar-refractivity contribution in [1.29, 1.82) is 0 Å². The maximum Gasteiger partial charge on any atom is 0.270 e. The lowest BCUT2D eigenvalue weighted by Gasteiger charge is -2.25.